The van der Waals surface area contributed by atoms with E-state index in [1.54, 1.807) is 0 Å². The predicted octanol–water partition coefficient (Wildman–Crippen LogP) is 2.51. The molecule has 94 valence electrons. The van der Waals surface area contributed by atoms with E-state index in [4.69, 9.17) is 0 Å². The summed E-state index contributed by atoms with van der Waals surface area (Å²) < 4.78 is 0. The van der Waals surface area contributed by atoms with Gasteiger partial charge in [-0.1, -0.05) is 32.0 Å². The van der Waals surface area contributed by atoms with Gasteiger partial charge in [0.15, 0.2) is 0 Å². The fraction of sp³-hybridized carbons (Fsp3) is 0.500. The van der Waals surface area contributed by atoms with Crippen LogP contribution in [-0.2, 0) is 4.79 Å². The summed E-state index contributed by atoms with van der Waals surface area (Å²) in [6.45, 7) is 7.68. The summed E-state index contributed by atoms with van der Waals surface area (Å²) in [7, 11) is 0. The Hall–Kier alpha value is -1.35. The van der Waals surface area contributed by atoms with Gasteiger partial charge in [-0.15, -0.1) is 0 Å². The maximum absolute atomic E-state index is 12.0. The van der Waals surface area contributed by atoms with Crippen molar-refractivity contribution >= 4 is 11.6 Å². The minimum absolute atomic E-state index is 0.111. The number of hydrogen-bond acceptors (Lipinski definition) is 2. The standard InChI is InChI=1S/C14H21NO2/c1-9(2)12(8-16)14(17)15-13-10(3)6-5-7-11(13)4/h5-7,9,12,16H,8H2,1-4H3,(H,15,17). The molecule has 0 saturated carbocycles. The number of nitrogens with one attached hydrogen (secondary N) is 1. The van der Waals surface area contributed by atoms with Crippen LogP contribution in [0.3, 0.4) is 0 Å². The van der Waals surface area contributed by atoms with Crippen molar-refractivity contribution in [3.05, 3.63) is 29.3 Å². The van der Waals surface area contributed by atoms with E-state index in [1.165, 1.54) is 0 Å². The smallest absolute Gasteiger partial charge is 0.230 e. The lowest BCUT2D eigenvalue weighted by molar-refractivity contribution is -0.122. The van der Waals surface area contributed by atoms with E-state index in [0.717, 1.165) is 16.8 Å². The quantitative estimate of drug-likeness (QED) is 0.842. The molecule has 0 spiro atoms. The summed E-state index contributed by atoms with van der Waals surface area (Å²) in [5.74, 6) is -0.335. The molecular weight excluding hydrogens is 214 g/mol. The van der Waals surface area contributed by atoms with Crippen molar-refractivity contribution in [3.8, 4) is 0 Å². The number of aliphatic hydroxyl groups is 1. The number of para-hydroxylation sites is 1. The van der Waals surface area contributed by atoms with Crippen LogP contribution < -0.4 is 5.32 Å². The topological polar surface area (TPSA) is 49.3 Å². The van der Waals surface area contributed by atoms with Gasteiger partial charge in [0, 0.05) is 5.69 Å². The van der Waals surface area contributed by atoms with Crippen LogP contribution in [0.4, 0.5) is 5.69 Å². The maximum Gasteiger partial charge on any atom is 0.230 e. The third-order valence-electron chi connectivity index (χ3n) is 3.07. The van der Waals surface area contributed by atoms with E-state index in [0.29, 0.717) is 0 Å². The summed E-state index contributed by atoms with van der Waals surface area (Å²) in [5, 5.41) is 12.1. The fourth-order valence-corrected chi connectivity index (χ4v) is 1.82. The highest BCUT2D eigenvalue weighted by Crippen LogP contribution is 2.21. The molecule has 2 N–H and O–H groups in total. The van der Waals surface area contributed by atoms with Gasteiger partial charge in [-0.2, -0.15) is 0 Å². The molecule has 1 amide bonds. The number of amides is 1. The van der Waals surface area contributed by atoms with E-state index >= 15 is 0 Å². The zero-order valence-corrected chi connectivity index (χ0v) is 10.9. The molecule has 3 heteroatoms. The molecule has 1 aromatic carbocycles. The second-order valence-corrected chi connectivity index (χ2v) is 4.79. The number of carbonyl (C=O) groups excluding carboxylic acids is 1. The second-order valence-electron chi connectivity index (χ2n) is 4.79. The first-order chi connectivity index (χ1) is 7.97. The first-order valence-corrected chi connectivity index (χ1v) is 5.95. The third-order valence-corrected chi connectivity index (χ3v) is 3.07. The Morgan fingerprint density at radius 3 is 2.24 bits per heavy atom. The molecule has 3 nitrogen and oxygen atoms in total. The van der Waals surface area contributed by atoms with Gasteiger partial charge in [-0.3, -0.25) is 4.79 Å². The number of hydrogen-bond donors (Lipinski definition) is 2. The molecule has 1 unspecified atom stereocenters. The van der Waals surface area contributed by atoms with Crippen molar-refractivity contribution in [1.29, 1.82) is 0 Å². The lowest BCUT2D eigenvalue weighted by atomic mass is 9.95. The van der Waals surface area contributed by atoms with Crippen LogP contribution in [0.25, 0.3) is 0 Å². The molecule has 0 aliphatic heterocycles. The summed E-state index contributed by atoms with van der Waals surface area (Å²) in [4.78, 5) is 12.0. The van der Waals surface area contributed by atoms with Gasteiger partial charge in [0.2, 0.25) is 5.91 Å². The highest BCUT2D eigenvalue weighted by Gasteiger charge is 2.21. The molecule has 1 aromatic rings. The minimum Gasteiger partial charge on any atom is -0.396 e. The van der Waals surface area contributed by atoms with Crippen molar-refractivity contribution in [2.24, 2.45) is 11.8 Å². The molecule has 1 rings (SSSR count). The Bertz CT molecular complexity index is 379. The highest BCUT2D eigenvalue weighted by molar-refractivity contribution is 5.94. The molecule has 0 radical (unpaired) electrons. The van der Waals surface area contributed by atoms with Gasteiger partial charge in [0.25, 0.3) is 0 Å². The number of rotatable bonds is 4. The Balaban J connectivity index is 2.87. The summed E-state index contributed by atoms with van der Waals surface area (Å²) in [6, 6.07) is 5.89. The lowest BCUT2D eigenvalue weighted by Gasteiger charge is -2.19. The molecule has 1 atom stereocenters. The van der Waals surface area contributed by atoms with Crippen molar-refractivity contribution in [1.82, 2.24) is 0 Å². The van der Waals surface area contributed by atoms with E-state index in [1.807, 2.05) is 45.9 Å². The van der Waals surface area contributed by atoms with Crippen molar-refractivity contribution in [3.63, 3.8) is 0 Å². The van der Waals surface area contributed by atoms with Gasteiger partial charge in [-0.05, 0) is 30.9 Å². The summed E-state index contributed by atoms with van der Waals surface area (Å²) in [5.41, 5.74) is 2.94. The van der Waals surface area contributed by atoms with E-state index in [9.17, 15) is 9.90 Å². The van der Waals surface area contributed by atoms with Crippen molar-refractivity contribution < 1.29 is 9.90 Å². The number of carbonyl (C=O) groups is 1. The first kappa shape index (κ1) is 13.7. The van der Waals surface area contributed by atoms with Crippen LogP contribution in [0.2, 0.25) is 0 Å². The van der Waals surface area contributed by atoms with Gasteiger partial charge in [0.1, 0.15) is 0 Å². The zero-order chi connectivity index (χ0) is 13.0. The van der Waals surface area contributed by atoms with Gasteiger partial charge in [0.05, 0.1) is 12.5 Å². The Morgan fingerprint density at radius 1 is 1.29 bits per heavy atom. The molecule has 0 bridgehead atoms. The van der Waals surface area contributed by atoms with Crippen LogP contribution in [0.15, 0.2) is 18.2 Å². The van der Waals surface area contributed by atoms with Crippen LogP contribution in [-0.4, -0.2) is 17.6 Å². The molecule has 0 saturated heterocycles. The van der Waals surface area contributed by atoms with Gasteiger partial charge in [-0.25, -0.2) is 0 Å². The summed E-state index contributed by atoms with van der Waals surface area (Å²) >= 11 is 0. The Labute approximate surface area is 103 Å². The molecular formula is C14H21NO2. The normalized spacial score (nSPS) is 12.6. The third kappa shape index (κ3) is 3.30. The number of benzene rings is 1. The molecule has 0 heterocycles. The van der Waals surface area contributed by atoms with Gasteiger partial charge < -0.3 is 10.4 Å². The average molecular weight is 235 g/mol. The summed E-state index contributed by atoms with van der Waals surface area (Å²) in [6.07, 6.45) is 0. The molecule has 0 aromatic heterocycles. The number of aliphatic hydroxyl groups excluding tert-OH is 1. The second kappa shape index (κ2) is 5.82. The predicted molar refractivity (Wildman–Crippen MR) is 70.0 cm³/mol. The van der Waals surface area contributed by atoms with Crippen LogP contribution in [0.5, 0.6) is 0 Å². The lowest BCUT2D eigenvalue weighted by Crippen LogP contribution is -2.30. The van der Waals surface area contributed by atoms with Crippen LogP contribution >= 0.6 is 0 Å². The largest absolute Gasteiger partial charge is 0.396 e. The monoisotopic (exact) mass is 235 g/mol. The fourth-order valence-electron chi connectivity index (χ4n) is 1.82. The Morgan fingerprint density at radius 2 is 1.82 bits per heavy atom. The van der Waals surface area contributed by atoms with Crippen molar-refractivity contribution in [2.75, 3.05) is 11.9 Å². The SMILES string of the molecule is Cc1cccc(C)c1NC(=O)C(CO)C(C)C. The van der Waals surface area contributed by atoms with E-state index in [2.05, 4.69) is 5.32 Å². The van der Waals surface area contributed by atoms with Crippen LogP contribution in [0.1, 0.15) is 25.0 Å². The Kier molecular flexibility index (Phi) is 4.70. The average Bonchev–Trinajstić information content (AvgIpc) is 2.24. The molecule has 0 aliphatic rings. The van der Waals surface area contributed by atoms with E-state index in [-0.39, 0.29) is 24.3 Å². The number of aryl methyl sites for hydroxylation is 2. The minimum atomic E-state index is -0.353. The first-order valence-electron chi connectivity index (χ1n) is 5.95. The zero-order valence-electron chi connectivity index (χ0n) is 10.9. The number of anilines is 1. The van der Waals surface area contributed by atoms with Crippen LogP contribution in [0, 0.1) is 25.7 Å². The molecule has 0 fully saturated rings. The van der Waals surface area contributed by atoms with E-state index < -0.39 is 0 Å². The van der Waals surface area contributed by atoms with Crippen molar-refractivity contribution in [2.45, 2.75) is 27.7 Å². The maximum atomic E-state index is 12.0. The molecule has 17 heavy (non-hydrogen) atoms. The molecule has 0 aliphatic carbocycles. The highest BCUT2D eigenvalue weighted by atomic mass is 16.3. The van der Waals surface area contributed by atoms with Gasteiger partial charge >= 0.3 is 0 Å².